The summed E-state index contributed by atoms with van der Waals surface area (Å²) in [6.07, 6.45) is 4.57. The summed E-state index contributed by atoms with van der Waals surface area (Å²) >= 11 is 0. The number of pyridine rings is 1. The number of fused-ring (bicyclic) bond motifs is 1. The molecule has 0 aromatic carbocycles. The first-order valence-electron chi connectivity index (χ1n) is 7.16. The van der Waals surface area contributed by atoms with Crippen molar-refractivity contribution < 1.29 is 4.74 Å². The van der Waals surface area contributed by atoms with E-state index in [1.54, 1.807) is 0 Å². The molecular formula is C16H24N2O. The number of nitrogens with zero attached hydrogens (tertiary/aromatic N) is 2. The van der Waals surface area contributed by atoms with Gasteiger partial charge in [0.2, 0.25) is 5.88 Å². The van der Waals surface area contributed by atoms with Gasteiger partial charge >= 0.3 is 0 Å². The topological polar surface area (TPSA) is 25.4 Å². The Kier molecular flexibility index (Phi) is 2.60. The van der Waals surface area contributed by atoms with E-state index in [9.17, 15) is 0 Å². The highest BCUT2D eigenvalue weighted by atomic mass is 16.5. The fourth-order valence-electron chi connectivity index (χ4n) is 3.21. The first-order chi connectivity index (χ1) is 8.82. The zero-order chi connectivity index (χ0) is 13.8. The van der Waals surface area contributed by atoms with Gasteiger partial charge in [-0.25, -0.2) is 4.98 Å². The van der Waals surface area contributed by atoms with Crippen molar-refractivity contribution in [2.24, 2.45) is 5.41 Å². The van der Waals surface area contributed by atoms with Gasteiger partial charge < -0.3 is 9.64 Å². The maximum Gasteiger partial charge on any atom is 0.237 e. The number of aromatic nitrogens is 1. The molecule has 3 rings (SSSR count). The molecule has 0 atom stereocenters. The van der Waals surface area contributed by atoms with Crippen LogP contribution in [0, 0.1) is 12.3 Å². The van der Waals surface area contributed by atoms with Crippen molar-refractivity contribution in [2.75, 3.05) is 25.1 Å². The molecule has 1 spiro atoms. The van der Waals surface area contributed by atoms with Gasteiger partial charge in [-0.1, -0.05) is 20.8 Å². The molecule has 0 N–H and O–H groups in total. The lowest BCUT2D eigenvalue weighted by atomic mass is 9.85. The Morgan fingerprint density at radius 2 is 2.00 bits per heavy atom. The lowest BCUT2D eigenvalue weighted by Crippen LogP contribution is -2.28. The number of ether oxygens (including phenoxy) is 1. The minimum Gasteiger partial charge on any atom is -0.476 e. The molecule has 2 heterocycles. The molecule has 1 fully saturated rings. The highest BCUT2D eigenvalue weighted by Crippen LogP contribution is 2.50. The number of hydrogen-bond acceptors (Lipinski definition) is 3. The highest BCUT2D eigenvalue weighted by molar-refractivity contribution is 5.64. The summed E-state index contributed by atoms with van der Waals surface area (Å²) in [5, 5.41) is 0. The van der Waals surface area contributed by atoms with Crippen molar-refractivity contribution in [1.82, 2.24) is 4.98 Å². The van der Waals surface area contributed by atoms with E-state index < -0.39 is 0 Å². The molecule has 0 saturated heterocycles. The van der Waals surface area contributed by atoms with Gasteiger partial charge in [0.1, 0.15) is 5.69 Å². The second kappa shape index (κ2) is 3.87. The van der Waals surface area contributed by atoms with Crippen LogP contribution in [0.15, 0.2) is 6.20 Å². The third kappa shape index (κ3) is 2.09. The zero-order valence-electron chi connectivity index (χ0n) is 12.7. The largest absolute Gasteiger partial charge is 0.476 e. The van der Waals surface area contributed by atoms with Gasteiger partial charge in [-0.15, -0.1) is 0 Å². The third-order valence-corrected chi connectivity index (χ3v) is 4.51. The van der Waals surface area contributed by atoms with Gasteiger partial charge in [-0.05, 0) is 36.3 Å². The van der Waals surface area contributed by atoms with E-state index >= 15 is 0 Å². The second-order valence-electron chi connectivity index (χ2n) is 7.35. The molecule has 1 aromatic heterocycles. The molecule has 1 aromatic rings. The van der Waals surface area contributed by atoms with Crippen molar-refractivity contribution in [1.29, 1.82) is 0 Å². The zero-order valence-corrected chi connectivity index (χ0v) is 12.7. The maximum absolute atomic E-state index is 5.99. The van der Waals surface area contributed by atoms with E-state index in [2.05, 4.69) is 44.6 Å². The van der Waals surface area contributed by atoms with Gasteiger partial charge in [-0.3, -0.25) is 0 Å². The fourth-order valence-corrected chi connectivity index (χ4v) is 3.21. The summed E-state index contributed by atoms with van der Waals surface area (Å²) in [6.45, 7) is 10.8. The monoisotopic (exact) mass is 260 g/mol. The predicted octanol–water partition coefficient (Wildman–Crippen LogP) is 3.30. The second-order valence-corrected chi connectivity index (χ2v) is 7.35. The van der Waals surface area contributed by atoms with Crippen LogP contribution in [0.2, 0.25) is 0 Å². The fraction of sp³-hybridized carbons (Fsp3) is 0.688. The smallest absolute Gasteiger partial charge is 0.237 e. The van der Waals surface area contributed by atoms with Gasteiger partial charge in [0.25, 0.3) is 0 Å². The molecule has 1 saturated carbocycles. The van der Waals surface area contributed by atoms with E-state index in [0.717, 1.165) is 19.0 Å². The summed E-state index contributed by atoms with van der Waals surface area (Å²) < 4.78 is 5.99. The molecule has 0 radical (unpaired) electrons. The molecule has 0 unspecified atom stereocenters. The lowest BCUT2D eigenvalue weighted by molar-refractivity contribution is 0.241. The average Bonchev–Trinajstić information content (AvgIpc) is 3.06. The van der Waals surface area contributed by atoms with Crippen molar-refractivity contribution >= 4 is 5.69 Å². The Morgan fingerprint density at radius 1 is 1.32 bits per heavy atom. The van der Waals surface area contributed by atoms with Crippen LogP contribution in [0.1, 0.15) is 44.7 Å². The van der Waals surface area contributed by atoms with Crippen molar-refractivity contribution in [3.8, 4) is 5.88 Å². The number of rotatable bonds is 0. The minimum atomic E-state index is 0.122. The summed E-state index contributed by atoms with van der Waals surface area (Å²) in [5.74, 6) is 0.816. The Hall–Kier alpha value is -1.25. The Morgan fingerprint density at radius 3 is 2.58 bits per heavy atom. The standard InChI is InChI=1S/C16H24N2O/c1-11-12(15(2,3)4)8-17-14-13(11)18(5)9-16(6-7-16)10-19-14/h8H,6-7,9-10H2,1-5H3. The summed E-state index contributed by atoms with van der Waals surface area (Å²) in [7, 11) is 2.18. The first kappa shape index (κ1) is 12.8. The van der Waals surface area contributed by atoms with Crippen LogP contribution in [-0.2, 0) is 5.41 Å². The Balaban J connectivity index is 2.07. The van der Waals surface area contributed by atoms with E-state index in [0.29, 0.717) is 5.41 Å². The molecule has 1 aliphatic carbocycles. The predicted molar refractivity (Wildman–Crippen MR) is 78.1 cm³/mol. The number of hydrogen-bond donors (Lipinski definition) is 0. The summed E-state index contributed by atoms with van der Waals surface area (Å²) in [4.78, 5) is 6.94. The van der Waals surface area contributed by atoms with E-state index in [-0.39, 0.29) is 5.41 Å². The summed E-state index contributed by atoms with van der Waals surface area (Å²) in [5.41, 5.74) is 4.34. The highest BCUT2D eigenvalue weighted by Gasteiger charge is 2.46. The minimum absolute atomic E-state index is 0.122. The quantitative estimate of drug-likeness (QED) is 0.715. The molecule has 2 aliphatic rings. The Bertz CT molecular complexity index is 512. The van der Waals surface area contributed by atoms with Crippen molar-refractivity contribution in [3.05, 3.63) is 17.3 Å². The normalized spacial score (nSPS) is 20.8. The SMILES string of the molecule is Cc1c(C(C)(C)C)cnc2c1N(C)CC1(CC1)CO2. The summed E-state index contributed by atoms with van der Waals surface area (Å²) in [6, 6.07) is 0. The van der Waals surface area contributed by atoms with E-state index in [4.69, 9.17) is 4.74 Å². The van der Waals surface area contributed by atoms with Crippen LogP contribution in [0.3, 0.4) is 0 Å². The molecular weight excluding hydrogens is 236 g/mol. The van der Waals surface area contributed by atoms with Gasteiger partial charge in [0.05, 0.1) is 6.61 Å². The van der Waals surface area contributed by atoms with Gasteiger partial charge in [0, 0.05) is 25.2 Å². The maximum atomic E-state index is 5.99. The van der Waals surface area contributed by atoms with Crippen LogP contribution in [0.25, 0.3) is 0 Å². The molecule has 3 heteroatoms. The molecule has 0 amide bonds. The van der Waals surface area contributed by atoms with Crippen molar-refractivity contribution in [3.63, 3.8) is 0 Å². The van der Waals surface area contributed by atoms with Crippen molar-refractivity contribution in [2.45, 2.75) is 46.0 Å². The van der Waals surface area contributed by atoms with Crippen LogP contribution < -0.4 is 9.64 Å². The van der Waals surface area contributed by atoms with Crippen LogP contribution in [-0.4, -0.2) is 25.2 Å². The molecule has 0 bridgehead atoms. The van der Waals surface area contributed by atoms with E-state index in [1.807, 2.05) is 6.20 Å². The first-order valence-corrected chi connectivity index (χ1v) is 7.16. The van der Waals surface area contributed by atoms with Crippen LogP contribution in [0.4, 0.5) is 5.69 Å². The van der Waals surface area contributed by atoms with Gasteiger partial charge in [-0.2, -0.15) is 0 Å². The number of anilines is 1. The molecule has 19 heavy (non-hydrogen) atoms. The molecule has 104 valence electrons. The molecule has 1 aliphatic heterocycles. The lowest BCUT2D eigenvalue weighted by Gasteiger charge is -2.27. The van der Waals surface area contributed by atoms with E-state index in [1.165, 1.54) is 29.7 Å². The van der Waals surface area contributed by atoms with Crippen LogP contribution >= 0.6 is 0 Å². The van der Waals surface area contributed by atoms with Crippen LogP contribution in [0.5, 0.6) is 5.88 Å². The van der Waals surface area contributed by atoms with Gasteiger partial charge in [0.15, 0.2) is 0 Å². The average molecular weight is 260 g/mol. The third-order valence-electron chi connectivity index (χ3n) is 4.51. The Labute approximate surface area is 116 Å². The molecule has 3 nitrogen and oxygen atoms in total.